The molecule has 0 atom stereocenters. The maximum Gasteiger partial charge on any atom is 0.155 e. The highest BCUT2D eigenvalue weighted by Crippen LogP contribution is 2.38. The van der Waals surface area contributed by atoms with E-state index < -0.39 is 0 Å². The first kappa shape index (κ1) is 9.74. The summed E-state index contributed by atoms with van der Waals surface area (Å²) in [4.78, 5) is 0. The van der Waals surface area contributed by atoms with Crippen molar-refractivity contribution >= 4 is 33.0 Å². The second kappa shape index (κ2) is 3.75. The van der Waals surface area contributed by atoms with Crippen LogP contribution < -0.4 is 4.74 Å². The smallest absolute Gasteiger partial charge is 0.155 e. The lowest BCUT2D eigenvalue weighted by atomic mass is 10.2. The van der Waals surface area contributed by atoms with Gasteiger partial charge in [0.2, 0.25) is 0 Å². The van der Waals surface area contributed by atoms with Crippen LogP contribution in [0.25, 0.3) is 10.1 Å². The normalized spacial score (nSPS) is 10.8. The molecule has 2 rings (SSSR count). The molecule has 0 N–H and O–H groups in total. The summed E-state index contributed by atoms with van der Waals surface area (Å²) < 4.78 is 19.5. The van der Waals surface area contributed by atoms with Crippen molar-refractivity contribution in [1.82, 2.24) is 0 Å². The molecule has 14 heavy (non-hydrogen) atoms. The Morgan fingerprint density at radius 2 is 2.36 bits per heavy atom. The Kier molecular flexibility index (Phi) is 2.61. The first-order valence-corrected chi connectivity index (χ1v) is 5.47. The van der Waals surface area contributed by atoms with Crippen molar-refractivity contribution in [3.63, 3.8) is 0 Å². The van der Waals surface area contributed by atoms with Crippen LogP contribution >= 0.6 is 22.9 Å². The van der Waals surface area contributed by atoms with Crippen molar-refractivity contribution in [3.05, 3.63) is 28.4 Å². The molecule has 0 amide bonds. The number of rotatable bonds is 2. The Morgan fingerprint density at radius 1 is 1.57 bits per heavy atom. The predicted octanol–water partition coefficient (Wildman–Crippen LogP) is 4.09. The van der Waals surface area contributed by atoms with Gasteiger partial charge in [-0.1, -0.05) is 11.6 Å². The third kappa shape index (κ3) is 1.47. The minimum absolute atomic E-state index is 0.297. The average molecular weight is 231 g/mol. The van der Waals surface area contributed by atoms with Gasteiger partial charge in [-0.2, -0.15) is 0 Å². The summed E-state index contributed by atoms with van der Waals surface area (Å²) in [6.07, 6.45) is 0. The number of hydrogen-bond acceptors (Lipinski definition) is 2. The minimum Gasteiger partial charge on any atom is -0.491 e. The molecule has 0 aliphatic rings. The van der Waals surface area contributed by atoms with Gasteiger partial charge in [-0.05, 0) is 24.4 Å². The standard InChI is InChI=1S/C10H8ClFOS/c1-2-13-9-7(11)5-8(12)6-3-4-14-10(6)9/h3-5H,2H2,1H3. The van der Waals surface area contributed by atoms with E-state index in [-0.39, 0.29) is 5.82 Å². The molecule has 0 saturated heterocycles. The Bertz CT molecular complexity index is 466. The lowest BCUT2D eigenvalue weighted by Gasteiger charge is -2.06. The van der Waals surface area contributed by atoms with Gasteiger partial charge in [-0.3, -0.25) is 0 Å². The highest BCUT2D eigenvalue weighted by molar-refractivity contribution is 7.17. The average Bonchev–Trinajstić information content (AvgIpc) is 2.60. The van der Waals surface area contributed by atoms with Crippen LogP contribution in [-0.2, 0) is 0 Å². The molecule has 1 aromatic carbocycles. The molecule has 0 aliphatic heterocycles. The maximum atomic E-state index is 13.4. The summed E-state index contributed by atoms with van der Waals surface area (Å²) in [6, 6.07) is 3.02. The minimum atomic E-state index is -0.297. The van der Waals surface area contributed by atoms with E-state index >= 15 is 0 Å². The summed E-state index contributed by atoms with van der Waals surface area (Å²) in [5.74, 6) is 0.287. The number of fused-ring (bicyclic) bond motifs is 1. The monoisotopic (exact) mass is 230 g/mol. The molecule has 0 spiro atoms. The van der Waals surface area contributed by atoms with Gasteiger partial charge in [0.15, 0.2) is 5.75 Å². The van der Waals surface area contributed by atoms with Crippen LogP contribution in [0.5, 0.6) is 5.75 Å². The molecule has 1 aromatic heterocycles. The summed E-state index contributed by atoms with van der Waals surface area (Å²) in [5, 5.41) is 2.73. The second-order valence-electron chi connectivity index (χ2n) is 2.77. The third-order valence-electron chi connectivity index (χ3n) is 1.89. The zero-order valence-corrected chi connectivity index (χ0v) is 9.08. The van der Waals surface area contributed by atoms with E-state index in [1.54, 1.807) is 6.07 Å². The molecule has 74 valence electrons. The van der Waals surface area contributed by atoms with Crippen molar-refractivity contribution in [2.45, 2.75) is 6.92 Å². The predicted molar refractivity (Wildman–Crippen MR) is 58.0 cm³/mol. The van der Waals surface area contributed by atoms with Crippen molar-refractivity contribution in [2.75, 3.05) is 6.61 Å². The lowest BCUT2D eigenvalue weighted by molar-refractivity contribution is 0.344. The summed E-state index contributed by atoms with van der Waals surface area (Å²) in [7, 11) is 0. The fourth-order valence-electron chi connectivity index (χ4n) is 1.32. The van der Waals surface area contributed by atoms with Gasteiger partial charge in [-0.15, -0.1) is 11.3 Å². The molecule has 0 fully saturated rings. The first-order chi connectivity index (χ1) is 6.74. The van der Waals surface area contributed by atoms with E-state index in [9.17, 15) is 4.39 Å². The second-order valence-corrected chi connectivity index (χ2v) is 4.09. The number of benzene rings is 1. The van der Waals surface area contributed by atoms with Gasteiger partial charge >= 0.3 is 0 Å². The summed E-state index contributed by atoms with van der Waals surface area (Å²) >= 11 is 7.32. The lowest BCUT2D eigenvalue weighted by Crippen LogP contribution is -1.93. The number of thiophene rings is 1. The van der Waals surface area contributed by atoms with E-state index in [0.717, 1.165) is 4.70 Å². The molecule has 0 radical (unpaired) electrons. The Hall–Kier alpha value is -0.800. The quantitative estimate of drug-likeness (QED) is 0.755. The van der Waals surface area contributed by atoms with Crippen LogP contribution in [-0.4, -0.2) is 6.61 Å². The Balaban J connectivity index is 2.73. The van der Waals surface area contributed by atoms with Gasteiger partial charge in [0.05, 0.1) is 16.3 Å². The molecular formula is C10H8ClFOS. The highest BCUT2D eigenvalue weighted by Gasteiger charge is 2.12. The van der Waals surface area contributed by atoms with E-state index in [4.69, 9.17) is 16.3 Å². The largest absolute Gasteiger partial charge is 0.491 e. The molecule has 1 nitrogen and oxygen atoms in total. The number of ether oxygens (including phenoxy) is 1. The molecule has 4 heteroatoms. The third-order valence-corrected chi connectivity index (χ3v) is 3.08. The zero-order chi connectivity index (χ0) is 10.1. The van der Waals surface area contributed by atoms with Gasteiger partial charge in [-0.25, -0.2) is 4.39 Å². The fraction of sp³-hybridized carbons (Fsp3) is 0.200. The topological polar surface area (TPSA) is 9.23 Å². The van der Waals surface area contributed by atoms with Gasteiger partial charge in [0.25, 0.3) is 0 Å². The molecule has 0 unspecified atom stereocenters. The van der Waals surface area contributed by atoms with E-state index in [1.165, 1.54) is 17.4 Å². The van der Waals surface area contributed by atoms with Crippen molar-refractivity contribution in [2.24, 2.45) is 0 Å². The summed E-state index contributed by atoms with van der Waals surface area (Å²) in [6.45, 7) is 2.40. The van der Waals surface area contributed by atoms with Gasteiger partial charge < -0.3 is 4.74 Å². The van der Waals surface area contributed by atoms with Crippen molar-refractivity contribution < 1.29 is 9.13 Å². The number of hydrogen-bond donors (Lipinski definition) is 0. The van der Waals surface area contributed by atoms with Crippen LogP contribution in [0.15, 0.2) is 17.5 Å². The zero-order valence-electron chi connectivity index (χ0n) is 7.51. The van der Waals surface area contributed by atoms with Crippen LogP contribution in [0.4, 0.5) is 4.39 Å². The fourth-order valence-corrected chi connectivity index (χ4v) is 2.52. The molecule has 2 aromatic rings. The van der Waals surface area contributed by atoms with Crippen molar-refractivity contribution in [1.29, 1.82) is 0 Å². The van der Waals surface area contributed by atoms with E-state index in [1.807, 2.05) is 12.3 Å². The van der Waals surface area contributed by atoms with Crippen LogP contribution in [0.1, 0.15) is 6.92 Å². The highest BCUT2D eigenvalue weighted by atomic mass is 35.5. The van der Waals surface area contributed by atoms with Gasteiger partial charge in [0.1, 0.15) is 5.82 Å². The SMILES string of the molecule is CCOc1c(Cl)cc(F)c2ccsc12. The van der Waals surface area contributed by atoms with E-state index in [2.05, 4.69) is 0 Å². The molecular weight excluding hydrogens is 223 g/mol. The van der Waals surface area contributed by atoms with Crippen LogP contribution in [0.3, 0.4) is 0 Å². The van der Waals surface area contributed by atoms with Crippen LogP contribution in [0, 0.1) is 5.82 Å². The molecule has 0 aliphatic carbocycles. The molecule has 1 heterocycles. The molecule has 0 bridgehead atoms. The maximum absolute atomic E-state index is 13.4. The van der Waals surface area contributed by atoms with Crippen molar-refractivity contribution in [3.8, 4) is 5.75 Å². The van der Waals surface area contributed by atoms with Gasteiger partial charge in [0, 0.05) is 5.39 Å². The molecule has 0 saturated carbocycles. The van der Waals surface area contributed by atoms with E-state index in [0.29, 0.717) is 22.8 Å². The number of halogens is 2. The first-order valence-electron chi connectivity index (χ1n) is 4.22. The Morgan fingerprint density at radius 3 is 3.07 bits per heavy atom. The van der Waals surface area contributed by atoms with Crippen LogP contribution in [0.2, 0.25) is 5.02 Å². The Labute approximate surface area is 90.1 Å². The summed E-state index contributed by atoms with van der Waals surface area (Å²) in [5.41, 5.74) is 0.